The van der Waals surface area contributed by atoms with Crippen molar-refractivity contribution in [1.29, 1.82) is 0 Å². The van der Waals surface area contributed by atoms with Gasteiger partial charge >= 0.3 is 5.97 Å². The van der Waals surface area contributed by atoms with E-state index in [1.807, 2.05) is 6.07 Å². The van der Waals surface area contributed by atoms with Gasteiger partial charge in [0, 0.05) is 25.8 Å². The number of carboxylic acid groups (broad SMARTS) is 1. The monoisotopic (exact) mass is 411 g/mol. The molecule has 0 saturated carbocycles. The van der Waals surface area contributed by atoms with Crippen LogP contribution in [0.5, 0.6) is 5.75 Å². The van der Waals surface area contributed by atoms with Crippen LogP contribution >= 0.6 is 0 Å². The smallest absolute Gasteiger partial charge is 0.339 e. The molecule has 3 rings (SSSR count). The molecule has 1 fully saturated rings. The van der Waals surface area contributed by atoms with Crippen molar-refractivity contribution in [3.05, 3.63) is 53.2 Å². The van der Waals surface area contributed by atoms with E-state index in [-0.39, 0.29) is 11.5 Å². The number of ether oxygens (including phenoxy) is 1. The Labute approximate surface area is 177 Å². The van der Waals surface area contributed by atoms with E-state index in [0.717, 1.165) is 24.5 Å². The summed E-state index contributed by atoms with van der Waals surface area (Å²) in [7, 11) is 1.44. The first-order valence-corrected chi connectivity index (χ1v) is 10.3. The normalized spacial score (nSPS) is 18.7. The number of carbonyl (C=O) groups is 2. The van der Waals surface area contributed by atoms with Crippen LogP contribution in [0, 0.1) is 11.8 Å². The van der Waals surface area contributed by atoms with E-state index in [0.29, 0.717) is 36.1 Å². The molecule has 160 valence electrons. The molecule has 7 heteroatoms. The topological polar surface area (TPSA) is 91.8 Å². The highest BCUT2D eigenvalue weighted by Crippen LogP contribution is 2.27. The average Bonchev–Trinajstić information content (AvgIpc) is 2.72. The van der Waals surface area contributed by atoms with Gasteiger partial charge in [-0.25, -0.2) is 9.78 Å². The van der Waals surface area contributed by atoms with Gasteiger partial charge in [0.25, 0.3) is 5.91 Å². The molecule has 2 aromatic rings. The summed E-state index contributed by atoms with van der Waals surface area (Å²) < 4.78 is 5.16. The second kappa shape index (κ2) is 9.61. The zero-order valence-electron chi connectivity index (χ0n) is 17.7. The molecule has 0 bridgehead atoms. The summed E-state index contributed by atoms with van der Waals surface area (Å²) in [4.78, 5) is 30.8. The van der Waals surface area contributed by atoms with Crippen LogP contribution in [-0.4, -0.2) is 48.7 Å². The Hall–Kier alpha value is -3.09. The largest absolute Gasteiger partial charge is 0.496 e. The molecule has 1 amide bonds. The molecular formula is C23H29N3O4. The summed E-state index contributed by atoms with van der Waals surface area (Å²) >= 11 is 0. The van der Waals surface area contributed by atoms with Crippen molar-refractivity contribution in [3.8, 4) is 5.75 Å². The SMILES string of the molecule is COc1cc(CCNC(=O)c2cccnc2N2C[C@H](C)C[C@H](C)C2)ccc1C(=O)O. The van der Waals surface area contributed by atoms with Crippen LogP contribution in [0.4, 0.5) is 5.82 Å². The minimum Gasteiger partial charge on any atom is -0.496 e. The lowest BCUT2D eigenvalue weighted by Gasteiger charge is -2.36. The number of amides is 1. The number of carboxylic acids is 1. The van der Waals surface area contributed by atoms with Gasteiger partial charge in [0.2, 0.25) is 0 Å². The number of methoxy groups -OCH3 is 1. The third-order valence-corrected chi connectivity index (χ3v) is 5.40. The van der Waals surface area contributed by atoms with Crippen LogP contribution in [-0.2, 0) is 6.42 Å². The number of carbonyl (C=O) groups excluding carboxylic acids is 1. The lowest BCUT2D eigenvalue weighted by Crippen LogP contribution is -2.40. The summed E-state index contributed by atoms with van der Waals surface area (Å²) in [6, 6.07) is 8.55. The fourth-order valence-corrected chi connectivity index (χ4v) is 4.15. The number of nitrogens with one attached hydrogen (secondary N) is 1. The zero-order chi connectivity index (χ0) is 21.7. The first-order valence-electron chi connectivity index (χ1n) is 10.3. The maximum absolute atomic E-state index is 12.8. The average molecular weight is 412 g/mol. The fourth-order valence-electron chi connectivity index (χ4n) is 4.15. The van der Waals surface area contributed by atoms with E-state index in [9.17, 15) is 14.7 Å². The Morgan fingerprint density at radius 3 is 2.60 bits per heavy atom. The molecule has 1 aliphatic rings. The first-order chi connectivity index (χ1) is 14.4. The fraction of sp³-hybridized carbons (Fsp3) is 0.435. The van der Waals surface area contributed by atoms with Crippen LogP contribution in [0.25, 0.3) is 0 Å². The number of benzene rings is 1. The van der Waals surface area contributed by atoms with Crippen LogP contribution in [0.3, 0.4) is 0 Å². The predicted octanol–water partition coefficient (Wildman–Crippen LogP) is 3.24. The number of anilines is 1. The molecule has 2 N–H and O–H groups in total. The molecule has 2 heterocycles. The van der Waals surface area contributed by atoms with Crippen molar-refractivity contribution in [3.63, 3.8) is 0 Å². The molecule has 2 atom stereocenters. The third kappa shape index (κ3) is 5.09. The number of nitrogens with zero attached hydrogens (tertiary/aromatic N) is 2. The molecule has 1 aromatic heterocycles. The lowest BCUT2D eigenvalue weighted by molar-refractivity contribution is 0.0693. The van der Waals surface area contributed by atoms with Crippen LogP contribution in [0.1, 0.15) is 46.5 Å². The quantitative estimate of drug-likeness (QED) is 0.727. The van der Waals surface area contributed by atoms with Crippen LogP contribution < -0.4 is 15.0 Å². The number of hydrogen-bond donors (Lipinski definition) is 2. The van der Waals surface area contributed by atoms with Gasteiger partial charge in [-0.1, -0.05) is 19.9 Å². The summed E-state index contributed by atoms with van der Waals surface area (Å²) in [5.74, 6) is 0.996. The number of hydrogen-bond acceptors (Lipinski definition) is 5. The van der Waals surface area contributed by atoms with Gasteiger partial charge in [-0.2, -0.15) is 0 Å². The number of aromatic nitrogens is 1. The predicted molar refractivity (Wildman–Crippen MR) is 115 cm³/mol. The van der Waals surface area contributed by atoms with Gasteiger partial charge in [0.1, 0.15) is 17.1 Å². The van der Waals surface area contributed by atoms with Gasteiger partial charge in [-0.15, -0.1) is 0 Å². The van der Waals surface area contributed by atoms with Crippen molar-refractivity contribution in [2.24, 2.45) is 11.8 Å². The highest BCUT2D eigenvalue weighted by molar-refractivity contribution is 5.99. The number of pyridine rings is 1. The molecular weight excluding hydrogens is 382 g/mol. The first kappa shape index (κ1) is 21.6. The van der Waals surface area contributed by atoms with E-state index in [2.05, 4.69) is 29.0 Å². The van der Waals surface area contributed by atoms with Gasteiger partial charge in [-0.05, 0) is 54.5 Å². The molecule has 1 aromatic carbocycles. The van der Waals surface area contributed by atoms with Gasteiger partial charge in [0.05, 0.1) is 12.7 Å². The molecule has 30 heavy (non-hydrogen) atoms. The Morgan fingerprint density at radius 2 is 1.93 bits per heavy atom. The molecule has 0 spiro atoms. The molecule has 1 saturated heterocycles. The highest BCUT2D eigenvalue weighted by Gasteiger charge is 2.26. The standard InChI is InChI=1S/C23H29N3O4/c1-15-11-16(2)14-26(13-15)21-19(5-4-9-24-21)22(27)25-10-8-17-6-7-18(23(28)29)20(12-17)30-3/h4-7,9,12,15-16H,8,10-11,13-14H2,1-3H3,(H,25,27)(H,28,29)/t15-,16+. The van der Waals surface area contributed by atoms with Gasteiger partial charge in [0.15, 0.2) is 0 Å². The van der Waals surface area contributed by atoms with Crippen molar-refractivity contribution in [2.45, 2.75) is 26.7 Å². The zero-order valence-corrected chi connectivity index (χ0v) is 17.7. The Kier molecular flexibility index (Phi) is 6.92. The van der Waals surface area contributed by atoms with E-state index >= 15 is 0 Å². The minimum absolute atomic E-state index is 0.121. The van der Waals surface area contributed by atoms with Crippen molar-refractivity contribution < 1.29 is 19.4 Å². The molecule has 0 unspecified atom stereocenters. The van der Waals surface area contributed by atoms with Crippen molar-refractivity contribution in [2.75, 3.05) is 31.6 Å². The number of rotatable bonds is 7. The van der Waals surface area contributed by atoms with E-state index in [1.54, 1.807) is 24.4 Å². The Morgan fingerprint density at radius 1 is 1.20 bits per heavy atom. The summed E-state index contributed by atoms with van der Waals surface area (Å²) in [6.45, 7) is 6.69. The van der Waals surface area contributed by atoms with Crippen LogP contribution in [0.15, 0.2) is 36.5 Å². The lowest BCUT2D eigenvalue weighted by atomic mass is 9.91. The molecule has 0 radical (unpaired) electrons. The van der Waals surface area contributed by atoms with E-state index in [1.165, 1.54) is 19.6 Å². The molecule has 7 nitrogen and oxygen atoms in total. The maximum atomic E-state index is 12.8. The molecule has 0 aliphatic carbocycles. The Bertz CT molecular complexity index is 905. The van der Waals surface area contributed by atoms with Crippen LogP contribution in [0.2, 0.25) is 0 Å². The van der Waals surface area contributed by atoms with E-state index in [4.69, 9.17) is 4.74 Å². The Balaban J connectivity index is 1.65. The van der Waals surface area contributed by atoms with Gasteiger partial charge < -0.3 is 20.1 Å². The number of piperidine rings is 1. The highest BCUT2D eigenvalue weighted by atomic mass is 16.5. The summed E-state index contributed by atoms with van der Waals surface area (Å²) in [5, 5.41) is 12.1. The summed E-state index contributed by atoms with van der Waals surface area (Å²) in [6.07, 6.45) is 3.48. The second-order valence-corrected chi connectivity index (χ2v) is 8.07. The molecule has 1 aliphatic heterocycles. The third-order valence-electron chi connectivity index (χ3n) is 5.40. The number of aromatic carboxylic acids is 1. The second-order valence-electron chi connectivity index (χ2n) is 8.07. The van der Waals surface area contributed by atoms with Crippen molar-refractivity contribution >= 4 is 17.7 Å². The van der Waals surface area contributed by atoms with Gasteiger partial charge in [-0.3, -0.25) is 4.79 Å². The minimum atomic E-state index is -1.03. The maximum Gasteiger partial charge on any atom is 0.339 e. The van der Waals surface area contributed by atoms with E-state index < -0.39 is 5.97 Å². The van der Waals surface area contributed by atoms with Crippen molar-refractivity contribution in [1.82, 2.24) is 10.3 Å². The summed E-state index contributed by atoms with van der Waals surface area (Å²) in [5.41, 5.74) is 1.59.